The number of hydrogen-bond acceptors (Lipinski definition) is 3. The molecule has 2 aromatic rings. The lowest BCUT2D eigenvalue weighted by Crippen LogP contribution is -1.94. The third-order valence-electron chi connectivity index (χ3n) is 1.85. The Kier molecular flexibility index (Phi) is 2.16. The van der Waals surface area contributed by atoms with Crippen molar-refractivity contribution >= 4 is 11.3 Å². The van der Waals surface area contributed by atoms with Crippen molar-refractivity contribution in [3.8, 4) is 11.3 Å². The van der Waals surface area contributed by atoms with Gasteiger partial charge in [0.15, 0.2) is 0 Å². The van der Waals surface area contributed by atoms with E-state index in [4.69, 9.17) is 5.73 Å². The molecule has 0 atom stereocenters. The molecule has 0 spiro atoms. The highest BCUT2D eigenvalue weighted by molar-refractivity contribution is 7.09. The zero-order valence-electron chi connectivity index (χ0n) is 7.40. The number of hydrogen-bond donors (Lipinski definition) is 1. The maximum atomic E-state index is 5.49. The van der Waals surface area contributed by atoms with Crippen LogP contribution in [0.3, 0.4) is 0 Å². The number of nitrogens with zero attached hydrogens (tertiary/aromatic N) is 2. The van der Waals surface area contributed by atoms with Crippen molar-refractivity contribution in [3.05, 3.63) is 28.8 Å². The van der Waals surface area contributed by atoms with Crippen LogP contribution >= 0.6 is 11.3 Å². The van der Waals surface area contributed by atoms with Crippen molar-refractivity contribution in [1.82, 2.24) is 9.55 Å². The first-order chi connectivity index (χ1) is 6.29. The van der Waals surface area contributed by atoms with Crippen LogP contribution in [0.25, 0.3) is 11.3 Å². The van der Waals surface area contributed by atoms with Gasteiger partial charge in [-0.1, -0.05) is 0 Å². The highest BCUT2D eigenvalue weighted by Gasteiger charge is 2.03. The highest BCUT2D eigenvalue weighted by atomic mass is 32.1. The molecule has 3 nitrogen and oxygen atoms in total. The normalized spacial score (nSPS) is 10.6. The Labute approximate surface area is 80.8 Å². The van der Waals surface area contributed by atoms with Crippen molar-refractivity contribution in [2.75, 3.05) is 0 Å². The lowest BCUT2D eigenvalue weighted by Gasteiger charge is -1.89. The summed E-state index contributed by atoms with van der Waals surface area (Å²) in [6.45, 7) is 0.525. The molecule has 0 amide bonds. The predicted molar refractivity (Wildman–Crippen MR) is 54.4 cm³/mol. The molecule has 0 aliphatic carbocycles. The van der Waals surface area contributed by atoms with Crippen LogP contribution in [-0.2, 0) is 13.6 Å². The summed E-state index contributed by atoms with van der Waals surface area (Å²) in [7, 11) is 2.00. The van der Waals surface area contributed by atoms with Gasteiger partial charge >= 0.3 is 0 Å². The molecule has 2 N–H and O–H groups in total. The van der Waals surface area contributed by atoms with Gasteiger partial charge in [0.1, 0.15) is 5.01 Å². The largest absolute Gasteiger partial charge is 0.357 e. The number of rotatable bonds is 2. The van der Waals surface area contributed by atoms with Gasteiger partial charge in [0.05, 0.1) is 5.69 Å². The number of thiazole rings is 1. The molecule has 2 rings (SSSR count). The molecular weight excluding hydrogens is 182 g/mol. The molecular formula is C9H11N3S. The third kappa shape index (κ3) is 1.64. The summed E-state index contributed by atoms with van der Waals surface area (Å²) in [5.41, 5.74) is 7.66. The Hall–Kier alpha value is -1.13. The van der Waals surface area contributed by atoms with Crippen LogP contribution in [0.15, 0.2) is 23.8 Å². The van der Waals surface area contributed by atoms with Crippen LogP contribution in [0.5, 0.6) is 0 Å². The second-order valence-electron chi connectivity index (χ2n) is 2.90. The first kappa shape index (κ1) is 8.47. The molecule has 0 radical (unpaired) electrons. The Morgan fingerprint density at radius 1 is 1.62 bits per heavy atom. The smallest absolute Gasteiger partial charge is 0.107 e. The Balaban J connectivity index is 2.35. The van der Waals surface area contributed by atoms with Gasteiger partial charge in [-0.05, 0) is 6.07 Å². The molecule has 68 valence electrons. The van der Waals surface area contributed by atoms with Crippen LogP contribution in [0.2, 0.25) is 0 Å². The van der Waals surface area contributed by atoms with Gasteiger partial charge in [0.25, 0.3) is 0 Å². The zero-order valence-corrected chi connectivity index (χ0v) is 8.21. The summed E-state index contributed by atoms with van der Waals surface area (Å²) >= 11 is 1.61. The molecule has 0 unspecified atom stereocenters. The van der Waals surface area contributed by atoms with E-state index in [1.807, 2.05) is 23.2 Å². The standard InChI is InChI=1S/C9H11N3S/c1-12-3-2-7(5-12)8-6-13-9(4-10)11-8/h2-3,5-6H,4,10H2,1H3. The van der Waals surface area contributed by atoms with E-state index in [0.29, 0.717) is 6.54 Å². The van der Waals surface area contributed by atoms with E-state index < -0.39 is 0 Å². The minimum Gasteiger partial charge on any atom is -0.357 e. The average Bonchev–Trinajstić information content (AvgIpc) is 2.71. The van der Waals surface area contributed by atoms with E-state index >= 15 is 0 Å². The number of aryl methyl sites for hydroxylation is 1. The monoisotopic (exact) mass is 193 g/mol. The minimum absolute atomic E-state index is 0.525. The van der Waals surface area contributed by atoms with Crippen molar-refractivity contribution in [2.45, 2.75) is 6.54 Å². The fourth-order valence-corrected chi connectivity index (χ4v) is 1.88. The molecule has 0 saturated carbocycles. The van der Waals surface area contributed by atoms with Crippen LogP contribution < -0.4 is 5.73 Å². The molecule has 2 heterocycles. The summed E-state index contributed by atoms with van der Waals surface area (Å²) in [5.74, 6) is 0. The Morgan fingerprint density at radius 3 is 3.00 bits per heavy atom. The fourth-order valence-electron chi connectivity index (χ4n) is 1.19. The number of nitrogens with two attached hydrogens (primary N) is 1. The molecule has 0 fully saturated rings. The average molecular weight is 193 g/mol. The van der Waals surface area contributed by atoms with Crippen LogP contribution in [-0.4, -0.2) is 9.55 Å². The first-order valence-corrected chi connectivity index (χ1v) is 4.94. The summed E-state index contributed by atoms with van der Waals surface area (Å²) in [5, 5.41) is 3.02. The van der Waals surface area contributed by atoms with Gasteiger partial charge in [-0.25, -0.2) is 4.98 Å². The van der Waals surface area contributed by atoms with Crippen molar-refractivity contribution in [3.63, 3.8) is 0 Å². The fraction of sp³-hybridized carbons (Fsp3) is 0.222. The lowest BCUT2D eigenvalue weighted by molar-refractivity contribution is 0.928. The Morgan fingerprint density at radius 2 is 2.46 bits per heavy atom. The van der Waals surface area contributed by atoms with E-state index in [0.717, 1.165) is 16.3 Å². The van der Waals surface area contributed by atoms with Gasteiger partial charge in [0.2, 0.25) is 0 Å². The summed E-state index contributed by atoms with van der Waals surface area (Å²) in [6.07, 6.45) is 4.06. The van der Waals surface area contributed by atoms with E-state index in [-0.39, 0.29) is 0 Å². The lowest BCUT2D eigenvalue weighted by atomic mass is 10.3. The van der Waals surface area contributed by atoms with Crippen LogP contribution in [0, 0.1) is 0 Å². The molecule has 13 heavy (non-hydrogen) atoms. The van der Waals surface area contributed by atoms with Crippen molar-refractivity contribution in [1.29, 1.82) is 0 Å². The van der Waals surface area contributed by atoms with E-state index in [1.165, 1.54) is 0 Å². The predicted octanol–water partition coefficient (Wildman–Crippen LogP) is 1.61. The van der Waals surface area contributed by atoms with Gasteiger partial charge in [-0.15, -0.1) is 11.3 Å². The molecule has 0 aliphatic rings. The Bertz CT molecular complexity index is 402. The zero-order chi connectivity index (χ0) is 9.26. The minimum atomic E-state index is 0.525. The molecule has 0 aliphatic heterocycles. The summed E-state index contributed by atoms with van der Waals surface area (Å²) < 4.78 is 2.01. The second-order valence-corrected chi connectivity index (χ2v) is 3.84. The van der Waals surface area contributed by atoms with E-state index in [2.05, 4.69) is 17.2 Å². The van der Waals surface area contributed by atoms with E-state index in [9.17, 15) is 0 Å². The van der Waals surface area contributed by atoms with Crippen LogP contribution in [0.4, 0.5) is 0 Å². The first-order valence-electron chi connectivity index (χ1n) is 4.06. The van der Waals surface area contributed by atoms with Crippen LogP contribution in [0.1, 0.15) is 5.01 Å². The number of aromatic nitrogens is 2. The van der Waals surface area contributed by atoms with Gasteiger partial charge < -0.3 is 10.3 Å². The maximum absolute atomic E-state index is 5.49. The quantitative estimate of drug-likeness (QED) is 0.787. The SMILES string of the molecule is Cn1ccc(-c2csc(CN)n2)c1. The van der Waals surface area contributed by atoms with Gasteiger partial charge in [-0.3, -0.25) is 0 Å². The van der Waals surface area contributed by atoms with Crippen molar-refractivity contribution in [2.24, 2.45) is 12.8 Å². The second kappa shape index (κ2) is 3.32. The molecule has 2 aromatic heterocycles. The van der Waals surface area contributed by atoms with E-state index in [1.54, 1.807) is 11.3 Å². The topological polar surface area (TPSA) is 43.8 Å². The van der Waals surface area contributed by atoms with Gasteiger partial charge in [-0.2, -0.15) is 0 Å². The molecule has 0 aromatic carbocycles. The maximum Gasteiger partial charge on any atom is 0.107 e. The summed E-state index contributed by atoms with van der Waals surface area (Å²) in [4.78, 5) is 4.39. The van der Waals surface area contributed by atoms with Crippen molar-refractivity contribution < 1.29 is 0 Å². The summed E-state index contributed by atoms with van der Waals surface area (Å²) in [6, 6.07) is 2.05. The third-order valence-corrected chi connectivity index (χ3v) is 2.73. The molecule has 0 saturated heterocycles. The highest BCUT2D eigenvalue weighted by Crippen LogP contribution is 2.21. The molecule has 0 bridgehead atoms. The van der Waals surface area contributed by atoms with Gasteiger partial charge in [0, 0.05) is 36.9 Å². The molecule has 4 heteroatoms.